The Labute approximate surface area is 182 Å². The average molecular weight is 441 g/mol. The molecule has 1 N–H and O–H groups in total. The summed E-state index contributed by atoms with van der Waals surface area (Å²) in [6, 6.07) is 4.00. The third-order valence-electron chi connectivity index (χ3n) is 6.13. The van der Waals surface area contributed by atoms with Crippen molar-refractivity contribution in [3.63, 3.8) is 0 Å². The third-order valence-corrected chi connectivity index (χ3v) is 6.13. The van der Waals surface area contributed by atoms with Crippen molar-refractivity contribution < 1.29 is 13.9 Å². The summed E-state index contributed by atoms with van der Waals surface area (Å²) in [5.74, 6) is 2.18. The second-order valence-electron chi connectivity index (χ2n) is 7.81. The van der Waals surface area contributed by atoms with Crippen LogP contribution in [0.25, 0.3) is 0 Å². The van der Waals surface area contributed by atoms with Gasteiger partial charge in [-0.05, 0) is 18.1 Å². The van der Waals surface area contributed by atoms with E-state index in [-0.39, 0.29) is 36.1 Å². The van der Waals surface area contributed by atoms with E-state index in [0.29, 0.717) is 32.2 Å². The van der Waals surface area contributed by atoms with E-state index in [0.717, 1.165) is 49.7 Å². The van der Waals surface area contributed by atoms with Crippen molar-refractivity contribution in [2.75, 3.05) is 32.8 Å². The summed E-state index contributed by atoms with van der Waals surface area (Å²) < 4.78 is 11.6. The SMILES string of the molecule is Cl.Cl.O=C(N1CCc2oc(CCc3cccnc3)nc2C1)[C@]12CNC[C@H]1COC2. The lowest BCUT2D eigenvalue weighted by Gasteiger charge is -2.34. The van der Waals surface area contributed by atoms with Crippen molar-refractivity contribution in [2.24, 2.45) is 11.3 Å². The molecule has 5 heterocycles. The highest BCUT2D eigenvalue weighted by molar-refractivity contribution is 5.86. The largest absolute Gasteiger partial charge is 0.445 e. The maximum absolute atomic E-state index is 13.3. The quantitative estimate of drug-likeness (QED) is 0.780. The fraction of sp³-hybridized carbons (Fsp3) is 0.550. The number of nitrogens with one attached hydrogen (secondary N) is 1. The van der Waals surface area contributed by atoms with E-state index >= 15 is 0 Å². The number of halogens is 2. The van der Waals surface area contributed by atoms with Gasteiger partial charge in [0.1, 0.15) is 11.5 Å². The lowest BCUT2D eigenvalue weighted by atomic mass is 9.79. The van der Waals surface area contributed by atoms with Crippen molar-refractivity contribution in [1.29, 1.82) is 0 Å². The molecule has 7 nitrogen and oxygen atoms in total. The van der Waals surface area contributed by atoms with Gasteiger partial charge in [-0.2, -0.15) is 0 Å². The second-order valence-corrected chi connectivity index (χ2v) is 7.81. The van der Waals surface area contributed by atoms with Crippen LogP contribution in [0.2, 0.25) is 0 Å². The number of carbonyl (C=O) groups is 1. The van der Waals surface area contributed by atoms with Gasteiger partial charge in [-0.25, -0.2) is 4.98 Å². The predicted molar refractivity (Wildman–Crippen MR) is 111 cm³/mol. The Kier molecular flexibility index (Phi) is 6.83. The topological polar surface area (TPSA) is 80.5 Å². The molecule has 0 unspecified atom stereocenters. The summed E-state index contributed by atoms with van der Waals surface area (Å²) in [7, 11) is 0. The molecule has 0 aliphatic carbocycles. The van der Waals surface area contributed by atoms with Crippen molar-refractivity contribution >= 4 is 30.7 Å². The summed E-state index contributed by atoms with van der Waals surface area (Å²) in [6.45, 7) is 4.03. The van der Waals surface area contributed by atoms with Gasteiger partial charge in [-0.15, -0.1) is 24.8 Å². The fourth-order valence-corrected chi connectivity index (χ4v) is 4.54. The molecule has 0 bridgehead atoms. The molecule has 3 aliphatic rings. The first-order valence-corrected chi connectivity index (χ1v) is 9.69. The molecular formula is C20H26Cl2N4O3. The number of carbonyl (C=O) groups excluding carboxylic acids is 1. The Morgan fingerprint density at radius 3 is 3.07 bits per heavy atom. The van der Waals surface area contributed by atoms with Crippen LogP contribution in [0.1, 0.15) is 22.9 Å². The van der Waals surface area contributed by atoms with E-state index in [4.69, 9.17) is 9.15 Å². The Balaban J connectivity index is 0.00000120. The van der Waals surface area contributed by atoms with Crippen molar-refractivity contribution in [1.82, 2.24) is 20.2 Å². The molecule has 0 spiro atoms. The number of rotatable bonds is 4. The molecule has 0 radical (unpaired) electrons. The Hall–Kier alpha value is -1.67. The number of fused-ring (bicyclic) bond motifs is 2. The summed E-state index contributed by atoms with van der Waals surface area (Å²) >= 11 is 0. The first-order valence-electron chi connectivity index (χ1n) is 9.69. The van der Waals surface area contributed by atoms with Gasteiger partial charge in [0.15, 0.2) is 5.89 Å². The van der Waals surface area contributed by atoms with Gasteiger partial charge in [-0.1, -0.05) is 6.07 Å². The van der Waals surface area contributed by atoms with Crippen LogP contribution >= 0.6 is 24.8 Å². The second kappa shape index (κ2) is 9.00. The van der Waals surface area contributed by atoms with E-state index < -0.39 is 0 Å². The molecule has 2 aromatic heterocycles. The Bertz CT molecular complexity index is 836. The van der Waals surface area contributed by atoms with E-state index in [9.17, 15) is 4.79 Å². The minimum absolute atomic E-state index is 0. The number of nitrogens with zero attached hydrogens (tertiary/aromatic N) is 3. The zero-order valence-electron chi connectivity index (χ0n) is 16.1. The fourth-order valence-electron chi connectivity index (χ4n) is 4.54. The third kappa shape index (κ3) is 4.01. The molecule has 0 aromatic carbocycles. The Morgan fingerprint density at radius 2 is 2.24 bits per heavy atom. The number of ether oxygens (including phenoxy) is 1. The number of hydrogen-bond acceptors (Lipinski definition) is 6. The lowest BCUT2D eigenvalue weighted by molar-refractivity contribution is -0.143. The molecule has 0 saturated carbocycles. The highest BCUT2D eigenvalue weighted by atomic mass is 35.5. The van der Waals surface area contributed by atoms with Crippen molar-refractivity contribution in [2.45, 2.75) is 25.8 Å². The standard InChI is InChI=1S/C20H24N4O3.2ClH/c25-19(20-12-22-9-15(20)11-26-13-20)24-7-5-17-16(10-24)23-18(27-17)4-3-14-2-1-6-21-8-14;;/h1-2,6,8,15,22H,3-5,7,9-13H2;2*1H/t15-,20-;;/m0../s1. The number of aryl methyl sites for hydroxylation is 2. The van der Waals surface area contributed by atoms with E-state index in [1.807, 2.05) is 17.2 Å². The molecule has 3 aliphatic heterocycles. The van der Waals surface area contributed by atoms with Crippen molar-refractivity contribution in [3.05, 3.63) is 47.4 Å². The highest BCUT2D eigenvalue weighted by Crippen LogP contribution is 2.40. The first kappa shape index (κ1) is 22.0. The van der Waals surface area contributed by atoms with Crippen LogP contribution in [0, 0.1) is 11.3 Å². The van der Waals surface area contributed by atoms with Crippen LogP contribution in [0.3, 0.4) is 0 Å². The van der Waals surface area contributed by atoms with Crippen LogP contribution < -0.4 is 5.32 Å². The van der Waals surface area contributed by atoms with Gasteiger partial charge in [0.05, 0.1) is 25.2 Å². The van der Waals surface area contributed by atoms with Crippen LogP contribution in [-0.2, 0) is 35.3 Å². The monoisotopic (exact) mass is 440 g/mol. The van der Waals surface area contributed by atoms with Gasteiger partial charge < -0.3 is 19.4 Å². The molecule has 2 saturated heterocycles. The van der Waals surface area contributed by atoms with Gasteiger partial charge in [-0.3, -0.25) is 9.78 Å². The predicted octanol–water partition coefficient (Wildman–Crippen LogP) is 1.82. The number of pyridine rings is 1. The van der Waals surface area contributed by atoms with Gasteiger partial charge in [0.25, 0.3) is 0 Å². The molecule has 158 valence electrons. The molecule has 5 rings (SSSR count). The highest BCUT2D eigenvalue weighted by Gasteiger charge is 2.54. The zero-order valence-corrected chi connectivity index (χ0v) is 17.8. The normalized spacial score (nSPS) is 25.0. The van der Waals surface area contributed by atoms with E-state index in [1.165, 1.54) is 5.56 Å². The first-order chi connectivity index (χ1) is 13.2. The smallest absolute Gasteiger partial charge is 0.233 e. The van der Waals surface area contributed by atoms with Crippen LogP contribution in [0.4, 0.5) is 0 Å². The lowest BCUT2D eigenvalue weighted by Crippen LogP contribution is -2.50. The number of aromatic nitrogens is 2. The van der Waals surface area contributed by atoms with Crippen LogP contribution in [0.5, 0.6) is 0 Å². The summed E-state index contributed by atoms with van der Waals surface area (Å²) in [5, 5.41) is 3.37. The molecule has 2 atom stereocenters. The van der Waals surface area contributed by atoms with Gasteiger partial charge >= 0.3 is 0 Å². The molecule has 29 heavy (non-hydrogen) atoms. The Morgan fingerprint density at radius 1 is 1.34 bits per heavy atom. The summed E-state index contributed by atoms with van der Waals surface area (Å²) in [5.41, 5.74) is 1.70. The molecule has 2 fully saturated rings. The molecule has 2 aromatic rings. The zero-order chi connectivity index (χ0) is 18.3. The number of amides is 1. The minimum atomic E-state index is -0.385. The maximum atomic E-state index is 13.3. The van der Waals surface area contributed by atoms with Crippen LogP contribution in [0.15, 0.2) is 28.9 Å². The minimum Gasteiger partial charge on any atom is -0.445 e. The average Bonchev–Trinajstić information content (AvgIpc) is 3.39. The number of oxazole rings is 1. The molecule has 9 heteroatoms. The van der Waals surface area contributed by atoms with Crippen molar-refractivity contribution in [3.8, 4) is 0 Å². The van der Waals surface area contributed by atoms with E-state index in [2.05, 4.69) is 21.4 Å². The van der Waals surface area contributed by atoms with E-state index in [1.54, 1.807) is 6.20 Å². The van der Waals surface area contributed by atoms with Gasteiger partial charge in [0, 0.05) is 50.8 Å². The van der Waals surface area contributed by atoms with Gasteiger partial charge in [0.2, 0.25) is 5.91 Å². The molecular weight excluding hydrogens is 415 g/mol. The summed E-state index contributed by atoms with van der Waals surface area (Å²) in [4.78, 5) is 24.0. The maximum Gasteiger partial charge on any atom is 0.233 e. The summed E-state index contributed by atoms with van der Waals surface area (Å²) in [6.07, 6.45) is 5.98. The van der Waals surface area contributed by atoms with Crippen LogP contribution in [-0.4, -0.2) is 53.6 Å². The molecule has 1 amide bonds. The number of hydrogen-bond donors (Lipinski definition) is 1.